The van der Waals surface area contributed by atoms with Gasteiger partial charge in [-0.3, -0.25) is 19.8 Å². The highest BCUT2D eigenvalue weighted by atomic mass is 16.1. The van der Waals surface area contributed by atoms with Crippen LogP contribution in [0.2, 0.25) is 0 Å². The second-order valence-electron chi connectivity index (χ2n) is 6.97. The number of nitrogens with one attached hydrogen (secondary N) is 2. The summed E-state index contributed by atoms with van der Waals surface area (Å²) in [6.07, 6.45) is 0. The third-order valence-electron chi connectivity index (χ3n) is 5.13. The second kappa shape index (κ2) is 6.88. The van der Waals surface area contributed by atoms with Gasteiger partial charge in [0.2, 0.25) is 0 Å². The van der Waals surface area contributed by atoms with E-state index < -0.39 is 0 Å². The zero-order valence-corrected chi connectivity index (χ0v) is 16.1. The van der Waals surface area contributed by atoms with E-state index in [9.17, 15) is 9.59 Å². The van der Waals surface area contributed by atoms with Gasteiger partial charge in [0.15, 0.2) is 0 Å². The van der Waals surface area contributed by atoms with Gasteiger partial charge in [0.1, 0.15) is 0 Å². The lowest BCUT2D eigenvalue weighted by atomic mass is 9.94. The molecule has 2 heterocycles. The maximum atomic E-state index is 13.1. The molecule has 0 aliphatic rings. The Kier molecular flexibility index (Phi) is 4.39. The summed E-state index contributed by atoms with van der Waals surface area (Å²) in [6.45, 7) is 5.63. The third-order valence-corrected chi connectivity index (χ3v) is 5.13. The summed E-state index contributed by atoms with van der Waals surface area (Å²) in [7, 11) is 0. The van der Waals surface area contributed by atoms with E-state index in [1.54, 1.807) is 0 Å². The highest BCUT2D eigenvalue weighted by molar-refractivity contribution is 5.40. The lowest BCUT2D eigenvalue weighted by Gasteiger charge is -2.07. The molecule has 4 aromatic rings. The van der Waals surface area contributed by atoms with Gasteiger partial charge in [0.05, 0.1) is 11.4 Å². The van der Waals surface area contributed by atoms with Gasteiger partial charge in [0, 0.05) is 28.4 Å². The molecule has 0 bridgehead atoms. The molecule has 0 radical (unpaired) electrons. The number of hydrogen-bond donors (Lipinski definition) is 2. The van der Waals surface area contributed by atoms with Crippen LogP contribution in [0.15, 0.2) is 70.3 Å². The number of aryl methyl sites for hydroxylation is 2. The van der Waals surface area contributed by atoms with Crippen LogP contribution in [0, 0.1) is 13.8 Å². The molecule has 2 aromatic heterocycles. The molecule has 0 spiro atoms. The van der Waals surface area contributed by atoms with Crippen LogP contribution in [-0.4, -0.2) is 19.6 Å². The fourth-order valence-electron chi connectivity index (χ4n) is 3.80. The molecule has 0 amide bonds. The molecule has 0 saturated heterocycles. The maximum Gasteiger partial charge on any atom is 0.275 e. The van der Waals surface area contributed by atoms with E-state index in [0.717, 1.165) is 22.8 Å². The molecule has 142 valence electrons. The van der Waals surface area contributed by atoms with Gasteiger partial charge in [-0.1, -0.05) is 43.3 Å². The van der Waals surface area contributed by atoms with Crippen LogP contribution in [-0.2, 0) is 0 Å². The number of aromatic nitrogens is 4. The van der Waals surface area contributed by atoms with Crippen molar-refractivity contribution in [3.63, 3.8) is 0 Å². The van der Waals surface area contributed by atoms with E-state index >= 15 is 0 Å². The van der Waals surface area contributed by atoms with Gasteiger partial charge >= 0.3 is 0 Å². The summed E-state index contributed by atoms with van der Waals surface area (Å²) in [6, 6.07) is 18.8. The number of H-pyrrole nitrogens is 2. The third kappa shape index (κ3) is 2.83. The van der Waals surface area contributed by atoms with E-state index in [0.29, 0.717) is 11.1 Å². The first kappa shape index (κ1) is 17.9. The minimum absolute atomic E-state index is 0.137. The number of rotatable bonds is 4. The average molecular weight is 374 g/mol. The number of benzene rings is 2. The summed E-state index contributed by atoms with van der Waals surface area (Å²) in [5, 5.41) is 6.28. The topological polar surface area (TPSA) is 75.6 Å². The monoisotopic (exact) mass is 374 g/mol. The summed E-state index contributed by atoms with van der Waals surface area (Å²) in [4.78, 5) is 26.2. The molecule has 4 rings (SSSR count). The zero-order valence-electron chi connectivity index (χ0n) is 16.1. The van der Waals surface area contributed by atoms with Crippen LogP contribution in [0.3, 0.4) is 0 Å². The quantitative estimate of drug-likeness (QED) is 0.574. The van der Waals surface area contributed by atoms with Crippen LogP contribution < -0.4 is 11.1 Å². The van der Waals surface area contributed by atoms with E-state index in [2.05, 4.69) is 10.2 Å². The van der Waals surface area contributed by atoms with Gasteiger partial charge in [-0.05, 0) is 38.1 Å². The first-order valence-electron chi connectivity index (χ1n) is 9.23. The molecular formula is C22H22N4O2. The molecule has 0 atom stereocenters. The van der Waals surface area contributed by atoms with Crippen molar-refractivity contribution in [2.45, 2.75) is 26.7 Å². The smallest absolute Gasteiger partial charge is 0.275 e. The van der Waals surface area contributed by atoms with Gasteiger partial charge in [0.25, 0.3) is 11.1 Å². The first-order valence-corrected chi connectivity index (χ1v) is 9.23. The Morgan fingerprint density at radius 1 is 0.679 bits per heavy atom. The molecule has 6 heteroatoms. The second-order valence-corrected chi connectivity index (χ2v) is 6.97. The van der Waals surface area contributed by atoms with Crippen LogP contribution in [0.1, 0.15) is 35.4 Å². The Balaban J connectivity index is 1.83. The van der Waals surface area contributed by atoms with Crippen LogP contribution in [0.4, 0.5) is 0 Å². The summed E-state index contributed by atoms with van der Waals surface area (Å²) in [5.41, 5.74) is 3.97. The van der Waals surface area contributed by atoms with Gasteiger partial charge in [-0.15, -0.1) is 0 Å². The van der Waals surface area contributed by atoms with Crippen molar-refractivity contribution >= 4 is 0 Å². The fraction of sp³-hybridized carbons (Fsp3) is 0.182. The van der Waals surface area contributed by atoms with Crippen molar-refractivity contribution < 1.29 is 0 Å². The van der Waals surface area contributed by atoms with Crippen molar-refractivity contribution in [3.05, 3.63) is 104 Å². The van der Waals surface area contributed by atoms with Crippen molar-refractivity contribution in [1.82, 2.24) is 19.6 Å². The molecular weight excluding hydrogens is 352 g/mol. The van der Waals surface area contributed by atoms with Crippen LogP contribution in [0.25, 0.3) is 11.4 Å². The van der Waals surface area contributed by atoms with E-state index in [-0.39, 0.29) is 17.0 Å². The minimum Gasteiger partial charge on any atom is -0.295 e. The van der Waals surface area contributed by atoms with Gasteiger partial charge < -0.3 is 0 Å². The minimum atomic E-state index is -0.345. The fourth-order valence-corrected chi connectivity index (χ4v) is 3.80. The maximum absolute atomic E-state index is 13.1. The average Bonchev–Trinajstić information content (AvgIpc) is 3.17. The molecule has 2 aromatic carbocycles. The molecule has 0 unspecified atom stereocenters. The molecule has 2 N–H and O–H groups in total. The van der Waals surface area contributed by atoms with Gasteiger partial charge in [-0.25, -0.2) is 9.36 Å². The summed E-state index contributed by atoms with van der Waals surface area (Å²) in [5.74, 6) is -0.345. The number of aromatic amines is 2. The molecule has 6 nitrogen and oxygen atoms in total. The molecule has 0 aliphatic carbocycles. The predicted octanol–water partition coefficient (Wildman–Crippen LogP) is 3.41. The number of para-hydroxylation sites is 2. The van der Waals surface area contributed by atoms with E-state index in [4.69, 9.17) is 0 Å². The van der Waals surface area contributed by atoms with Crippen molar-refractivity contribution in [2.75, 3.05) is 0 Å². The van der Waals surface area contributed by atoms with E-state index in [1.807, 2.05) is 81.4 Å². The lowest BCUT2D eigenvalue weighted by molar-refractivity contribution is 0.826. The Morgan fingerprint density at radius 3 is 1.39 bits per heavy atom. The first-order chi connectivity index (χ1) is 13.5. The van der Waals surface area contributed by atoms with Crippen molar-refractivity contribution in [1.29, 1.82) is 0 Å². The van der Waals surface area contributed by atoms with E-state index in [1.165, 1.54) is 9.36 Å². The SMILES string of the molecule is Cc1[nH]n(-c2ccccc2)c(=O)c1C(C)c1c(C)[nH]n(-c2ccccc2)c1=O. The van der Waals surface area contributed by atoms with Gasteiger partial charge in [-0.2, -0.15) is 0 Å². The molecule has 28 heavy (non-hydrogen) atoms. The normalized spacial score (nSPS) is 11.3. The largest absolute Gasteiger partial charge is 0.295 e. The molecule has 0 fully saturated rings. The molecule has 0 saturated carbocycles. The van der Waals surface area contributed by atoms with Crippen LogP contribution in [0.5, 0.6) is 0 Å². The van der Waals surface area contributed by atoms with Crippen LogP contribution >= 0.6 is 0 Å². The zero-order chi connectivity index (χ0) is 19.8. The standard InChI is InChI=1S/C22H22N4O2/c1-14(19-15(2)23-25(21(19)27)17-10-6-4-7-11-17)20-16(3)24-26(22(20)28)18-12-8-5-9-13-18/h4-14,23-24H,1-3H3. The molecule has 0 aliphatic heterocycles. The highest BCUT2D eigenvalue weighted by Crippen LogP contribution is 2.24. The predicted molar refractivity (Wildman–Crippen MR) is 110 cm³/mol. The Morgan fingerprint density at radius 2 is 1.04 bits per heavy atom. The number of hydrogen-bond acceptors (Lipinski definition) is 2. The summed E-state index contributed by atoms with van der Waals surface area (Å²) >= 11 is 0. The van der Waals surface area contributed by atoms with Crippen molar-refractivity contribution in [2.24, 2.45) is 0 Å². The summed E-state index contributed by atoms with van der Waals surface area (Å²) < 4.78 is 3.05. The Bertz CT molecular complexity index is 1130. The Labute approximate surface area is 162 Å². The highest BCUT2D eigenvalue weighted by Gasteiger charge is 2.25. The lowest BCUT2D eigenvalue weighted by Crippen LogP contribution is -2.23. The van der Waals surface area contributed by atoms with Crippen molar-refractivity contribution in [3.8, 4) is 11.4 Å². The number of nitrogens with zero attached hydrogens (tertiary/aromatic N) is 2. The Hall–Kier alpha value is -3.54.